The predicted octanol–water partition coefficient (Wildman–Crippen LogP) is 1.41. The zero-order valence-electron chi connectivity index (χ0n) is 9.17. The van der Waals surface area contributed by atoms with Gasteiger partial charge in [-0.3, -0.25) is 0 Å². The quantitative estimate of drug-likeness (QED) is 0.680. The van der Waals surface area contributed by atoms with Gasteiger partial charge >= 0.3 is 0 Å². The third-order valence-corrected chi connectivity index (χ3v) is 2.95. The summed E-state index contributed by atoms with van der Waals surface area (Å²) in [6.45, 7) is 2.39. The van der Waals surface area contributed by atoms with Gasteiger partial charge in [0.05, 0.1) is 25.9 Å². The molecule has 0 spiro atoms. The summed E-state index contributed by atoms with van der Waals surface area (Å²) < 4.78 is 16.3. The molecule has 16 heavy (non-hydrogen) atoms. The Morgan fingerprint density at radius 2 is 1.94 bits per heavy atom. The first kappa shape index (κ1) is 10.3. The number of rotatable bonds is 6. The number of benzene rings is 1. The first-order chi connectivity index (χ1) is 7.92. The second kappa shape index (κ2) is 4.53. The van der Waals surface area contributed by atoms with Crippen molar-refractivity contribution in [3.05, 3.63) is 35.9 Å². The molecule has 0 N–H and O–H groups in total. The summed E-state index contributed by atoms with van der Waals surface area (Å²) in [5.41, 5.74) is 1.31. The Labute approximate surface area is 95.3 Å². The van der Waals surface area contributed by atoms with Crippen LogP contribution in [-0.4, -0.2) is 38.1 Å². The van der Waals surface area contributed by atoms with Crippen molar-refractivity contribution in [1.82, 2.24) is 0 Å². The van der Waals surface area contributed by atoms with Crippen LogP contribution < -0.4 is 0 Å². The molecule has 3 unspecified atom stereocenters. The van der Waals surface area contributed by atoms with E-state index in [9.17, 15) is 0 Å². The van der Waals surface area contributed by atoms with Crippen molar-refractivity contribution in [1.29, 1.82) is 0 Å². The van der Waals surface area contributed by atoms with Gasteiger partial charge in [-0.05, 0) is 5.56 Å². The van der Waals surface area contributed by atoms with Crippen LogP contribution in [0.4, 0.5) is 0 Å². The Bertz CT molecular complexity index is 330. The van der Waals surface area contributed by atoms with Gasteiger partial charge in [-0.2, -0.15) is 0 Å². The summed E-state index contributed by atoms with van der Waals surface area (Å²) in [4.78, 5) is 0. The smallest absolute Gasteiger partial charge is 0.107 e. The molecule has 3 nitrogen and oxygen atoms in total. The molecule has 0 saturated carbocycles. The fourth-order valence-electron chi connectivity index (χ4n) is 1.81. The average molecular weight is 220 g/mol. The van der Waals surface area contributed by atoms with Crippen LogP contribution in [-0.2, 0) is 20.6 Å². The highest BCUT2D eigenvalue weighted by molar-refractivity contribution is 5.16. The second-order valence-corrected chi connectivity index (χ2v) is 4.39. The van der Waals surface area contributed by atoms with Crippen LogP contribution in [0.15, 0.2) is 30.3 Å². The minimum absolute atomic E-state index is 0.187. The Morgan fingerprint density at radius 1 is 1.19 bits per heavy atom. The van der Waals surface area contributed by atoms with Crippen molar-refractivity contribution in [3.8, 4) is 0 Å². The molecule has 1 aromatic carbocycles. The molecule has 3 atom stereocenters. The van der Waals surface area contributed by atoms with Gasteiger partial charge in [0.2, 0.25) is 0 Å². The molecule has 2 fully saturated rings. The average Bonchev–Trinajstić information content (AvgIpc) is 3.18. The minimum Gasteiger partial charge on any atom is -0.372 e. The van der Waals surface area contributed by atoms with Gasteiger partial charge in [0.15, 0.2) is 0 Å². The Balaban J connectivity index is 1.55. The molecule has 86 valence electrons. The molecule has 0 radical (unpaired) electrons. The maximum Gasteiger partial charge on any atom is 0.107 e. The predicted molar refractivity (Wildman–Crippen MR) is 59.4 cm³/mol. The van der Waals surface area contributed by atoms with E-state index < -0.39 is 0 Å². The van der Waals surface area contributed by atoms with Gasteiger partial charge in [-0.1, -0.05) is 30.3 Å². The normalized spacial score (nSPS) is 28.8. The first-order valence-corrected chi connectivity index (χ1v) is 5.80. The third kappa shape index (κ3) is 2.82. The highest BCUT2D eigenvalue weighted by Gasteiger charge is 2.35. The lowest BCUT2D eigenvalue weighted by atomic mass is 10.1. The molecule has 2 heterocycles. The summed E-state index contributed by atoms with van der Waals surface area (Å²) >= 11 is 0. The number of ether oxygens (including phenoxy) is 3. The van der Waals surface area contributed by atoms with Crippen molar-refractivity contribution in [3.63, 3.8) is 0 Å². The second-order valence-electron chi connectivity index (χ2n) is 4.39. The maximum absolute atomic E-state index is 5.84. The molecule has 2 aliphatic rings. The van der Waals surface area contributed by atoms with Crippen LogP contribution in [0, 0.1) is 0 Å². The molecule has 0 aromatic heterocycles. The van der Waals surface area contributed by atoms with Gasteiger partial charge in [-0.25, -0.2) is 0 Å². The Kier molecular flexibility index (Phi) is 2.91. The fourth-order valence-corrected chi connectivity index (χ4v) is 1.81. The number of epoxide rings is 2. The fraction of sp³-hybridized carbons (Fsp3) is 0.538. The van der Waals surface area contributed by atoms with Crippen molar-refractivity contribution < 1.29 is 14.2 Å². The Morgan fingerprint density at radius 3 is 2.56 bits per heavy atom. The number of hydrogen-bond donors (Lipinski definition) is 0. The zero-order valence-corrected chi connectivity index (χ0v) is 9.17. The summed E-state index contributed by atoms with van der Waals surface area (Å²) in [5, 5.41) is 0. The highest BCUT2D eigenvalue weighted by Crippen LogP contribution is 2.22. The van der Waals surface area contributed by atoms with Gasteiger partial charge in [0.25, 0.3) is 0 Å². The van der Waals surface area contributed by atoms with E-state index in [-0.39, 0.29) is 6.10 Å². The summed E-state index contributed by atoms with van der Waals surface area (Å²) in [5.74, 6) is 0. The highest BCUT2D eigenvalue weighted by atomic mass is 16.6. The van der Waals surface area contributed by atoms with Gasteiger partial charge in [0, 0.05) is 6.42 Å². The van der Waals surface area contributed by atoms with Crippen molar-refractivity contribution in [2.45, 2.75) is 24.7 Å². The lowest BCUT2D eigenvalue weighted by molar-refractivity contribution is 0.0249. The maximum atomic E-state index is 5.84. The van der Waals surface area contributed by atoms with E-state index in [2.05, 4.69) is 24.3 Å². The van der Waals surface area contributed by atoms with E-state index in [1.54, 1.807) is 0 Å². The van der Waals surface area contributed by atoms with E-state index in [0.29, 0.717) is 18.8 Å². The molecule has 0 aliphatic carbocycles. The molecule has 1 aromatic rings. The lowest BCUT2D eigenvalue weighted by Gasteiger charge is -2.15. The van der Waals surface area contributed by atoms with E-state index in [1.807, 2.05) is 6.07 Å². The molecule has 0 amide bonds. The van der Waals surface area contributed by atoms with Crippen LogP contribution >= 0.6 is 0 Å². The molecule has 2 saturated heterocycles. The van der Waals surface area contributed by atoms with Crippen LogP contribution in [0.3, 0.4) is 0 Å². The van der Waals surface area contributed by atoms with Gasteiger partial charge < -0.3 is 14.2 Å². The topological polar surface area (TPSA) is 34.3 Å². The summed E-state index contributed by atoms with van der Waals surface area (Å²) in [6.07, 6.45) is 1.74. The Hall–Kier alpha value is -0.900. The summed E-state index contributed by atoms with van der Waals surface area (Å²) in [6, 6.07) is 10.4. The molecular formula is C13H16O3. The molecule has 0 bridgehead atoms. The molecule has 2 aliphatic heterocycles. The van der Waals surface area contributed by atoms with Crippen LogP contribution in [0.5, 0.6) is 0 Å². The zero-order chi connectivity index (χ0) is 10.8. The lowest BCUT2D eigenvalue weighted by Crippen LogP contribution is -2.24. The van der Waals surface area contributed by atoms with Crippen LogP contribution in [0.25, 0.3) is 0 Å². The van der Waals surface area contributed by atoms with Gasteiger partial charge in [-0.15, -0.1) is 0 Å². The van der Waals surface area contributed by atoms with Crippen molar-refractivity contribution in [2.24, 2.45) is 0 Å². The largest absolute Gasteiger partial charge is 0.372 e. The van der Waals surface area contributed by atoms with Crippen molar-refractivity contribution in [2.75, 3.05) is 19.8 Å². The van der Waals surface area contributed by atoms with E-state index in [4.69, 9.17) is 14.2 Å². The van der Waals surface area contributed by atoms with E-state index in [1.165, 1.54) is 5.56 Å². The molecule has 3 heteroatoms. The third-order valence-electron chi connectivity index (χ3n) is 2.95. The minimum atomic E-state index is 0.187. The van der Waals surface area contributed by atoms with Crippen LogP contribution in [0.2, 0.25) is 0 Å². The van der Waals surface area contributed by atoms with Crippen LogP contribution in [0.1, 0.15) is 5.56 Å². The number of hydrogen-bond acceptors (Lipinski definition) is 3. The SMILES string of the molecule is c1ccc(CC(OCC2CO2)C2CO2)cc1. The summed E-state index contributed by atoms with van der Waals surface area (Å²) in [7, 11) is 0. The first-order valence-electron chi connectivity index (χ1n) is 5.80. The van der Waals surface area contributed by atoms with Crippen molar-refractivity contribution >= 4 is 0 Å². The van der Waals surface area contributed by atoms with E-state index in [0.717, 1.165) is 19.6 Å². The molecular weight excluding hydrogens is 204 g/mol. The van der Waals surface area contributed by atoms with Gasteiger partial charge in [0.1, 0.15) is 12.2 Å². The standard InChI is InChI=1S/C13H16O3/c1-2-4-10(5-3-1)6-12(13-9-16-13)15-8-11-7-14-11/h1-5,11-13H,6-9H2. The molecule has 3 rings (SSSR count). The van der Waals surface area contributed by atoms with E-state index >= 15 is 0 Å². The monoisotopic (exact) mass is 220 g/mol.